The molecule has 0 aliphatic heterocycles. The van der Waals surface area contributed by atoms with Gasteiger partial charge in [-0.05, 0) is 26.7 Å². The van der Waals surface area contributed by atoms with Crippen LogP contribution in [0.1, 0.15) is 40.5 Å². The van der Waals surface area contributed by atoms with Crippen molar-refractivity contribution < 1.29 is 17.7 Å². The van der Waals surface area contributed by atoms with E-state index < -0.39 is 17.6 Å². The minimum Gasteiger partial charge on any atom is -0.396 e. The molecule has 0 atom stereocenters. The zero-order chi connectivity index (χ0) is 12.2. The SMILES string of the molecule is CCCO[SiH](OCCC)[SiH](OCC)OCC. The molecule has 0 aromatic carbocycles. The molecule has 0 aliphatic rings. The molecule has 0 aliphatic carbocycles. The van der Waals surface area contributed by atoms with E-state index in [-0.39, 0.29) is 0 Å². The van der Waals surface area contributed by atoms with E-state index in [1.807, 2.05) is 13.8 Å². The van der Waals surface area contributed by atoms with Crippen LogP contribution in [0.15, 0.2) is 0 Å². The monoisotopic (exact) mass is 266 g/mol. The molecule has 16 heavy (non-hydrogen) atoms. The molecule has 0 N–H and O–H groups in total. The summed E-state index contributed by atoms with van der Waals surface area (Å²) < 4.78 is 22.9. The summed E-state index contributed by atoms with van der Waals surface area (Å²) in [6.07, 6.45) is 2.02. The molecule has 0 spiro atoms. The second-order valence-corrected chi connectivity index (χ2v) is 9.46. The third-order valence-corrected chi connectivity index (χ3v) is 8.40. The van der Waals surface area contributed by atoms with Crippen molar-refractivity contribution in [3.8, 4) is 0 Å². The normalized spacial score (nSPS) is 11.6. The molecule has 0 aromatic heterocycles. The van der Waals surface area contributed by atoms with Crippen LogP contribution in [-0.4, -0.2) is 44.0 Å². The first kappa shape index (κ1) is 16.3. The lowest BCUT2D eigenvalue weighted by Gasteiger charge is -2.23. The van der Waals surface area contributed by atoms with E-state index in [1.165, 1.54) is 0 Å². The van der Waals surface area contributed by atoms with Crippen LogP contribution in [0, 0.1) is 0 Å². The van der Waals surface area contributed by atoms with Crippen molar-refractivity contribution in [1.29, 1.82) is 0 Å². The molecular formula is C10H26O4Si2. The first-order valence-corrected chi connectivity index (χ1v) is 10.8. The minimum atomic E-state index is -1.72. The number of rotatable bonds is 11. The first-order valence-electron chi connectivity index (χ1n) is 6.26. The van der Waals surface area contributed by atoms with Crippen molar-refractivity contribution in [3.63, 3.8) is 0 Å². The fourth-order valence-corrected chi connectivity index (χ4v) is 7.48. The highest BCUT2D eigenvalue weighted by atomic mass is 29.2. The van der Waals surface area contributed by atoms with E-state index in [1.54, 1.807) is 0 Å². The second kappa shape index (κ2) is 11.8. The molecule has 0 heterocycles. The quantitative estimate of drug-likeness (QED) is 0.530. The molecule has 0 amide bonds. The van der Waals surface area contributed by atoms with Crippen LogP contribution >= 0.6 is 0 Å². The maximum atomic E-state index is 5.79. The maximum Gasteiger partial charge on any atom is 0.364 e. The summed E-state index contributed by atoms with van der Waals surface area (Å²) >= 11 is 0. The molecular weight excluding hydrogens is 240 g/mol. The van der Waals surface area contributed by atoms with Crippen molar-refractivity contribution in [1.82, 2.24) is 0 Å². The summed E-state index contributed by atoms with van der Waals surface area (Å²) in [4.78, 5) is 0. The minimum absolute atomic E-state index is 0.686. The molecule has 0 saturated carbocycles. The Hall–Kier alpha value is 0.274. The van der Waals surface area contributed by atoms with Crippen LogP contribution in [0.5, 0.6) is 0 Å². The Bertz CT molecular complexity index is 135. The highest BCUT2D eigenvalue weighted by Gasteiger charge is 2.31. The molecule has 6 heteroatoms. The molecule has 0 aromatic rings. The van der Waals surface area contributed by atoms with Gasteiger partial charge in [0, 0.05) is 26.4 Å². The van der Waals surface area contributed by atoms with Crippen LogP contribution in [0.2, 0.25) is 0 Å². The molecule has 98 valence electrons. The lowest BCUT2D eigenvalue weighted by atomic mass is 10.5. The summed E-state index contributed by atoms with van der Waals surface area (Å²) in [6.45, 7) is 11.1. The van der Waals surface area contributed by atoms with Gasteiger partial charge >= 0.3 is 17.6 Å². The van der Waals surface area contributed by atoms with E-state index >= 15 is 0 Å². The highest BCUT2D eigenvalue weighted by molar-refractivity contribution is 7.10. The summed E-state index contributed by atoms with van der Waals surface area (Å²) in [5.41, 5.74) is 0. The highest BCUT2D eigenvalue weighted by Crippen LogP contribution is 2.02. The van der Waals surface area contributed by atoms with E-state index in [0.717, 1.165) is 26.1 Å². The van der Waals surface area contributed by atoms with Gasteiger partial charge < -0.3 is 17.7 Å². The van der Waals surface area contributed by atoms with Crippen molar-refractivity contribution >= 4 is 17.6 Å². The number of hydrogen-bond acceptors (Lipinski definition) is 4. The van der Waals surface area contributed by atoms with Gasteiger partial charge in [0.25, 0.3) is 0 Å². The molecule has 0 unspecified atom stereocenters. The Morgan fingerprint density at radius 3 is 1.31 bits per heavy atom. The largest absolute Gasteiger partial charge is 0.396 e. The second-order valence-electron chi connectivity index (χ2n) is 3.39. The lowest BCUT2D eigenvalue weighted by Crippen LogP contribution is -2.46. The van der Waals surface area contributed by atoms with E-state index in [2.05, 4.69) is 13.8 Å². The Kier molecular flexibility index (Phi) is 12.0. The topological polar surface area (TPSA) is 36.9 Å². The van der Waals surface area contributed by atoms with Gasteiger partial charge in [0.2, 0.25) is 0 Å². The average molecular weight is 266 g/mol. The Morgan fingerprint density at radius 1 is 0.625 bits per heavy atom. The predicted molar refractivity (Wildman–Crippen MR) is 70.0 cm³/mol. The summed E-state index contributed by atoms with van der Waals surface area (Å²) in [5, 5.41) is 0. The van der Waals surface area contributed by atoms with Crippen LogP contribution in [0.25, 0.3) is 0 Å². The van der Waals surface area contributed by atoms with Gasteiger partial charge in [-0.1, -0.05) is 13.8 Å². The smallest absolute Gasteiger partial charge is 0.364 e. The van der Waals surface area contributed by atoms with Gasteiger partial charge in [-0.3, -0.25) is 0 Å². The maximum absolute atomic E-state index is 5.79. The van der Waals surface area contributed by atoms with Crippen LogP contribution in [-0.2, 0) is 17.7 Å². The van der Waals surface area contributed by atoms with Crippen molar-refractivity contribution in [2.75, 3.05) is 26.4 Å². The molecule has 0 rings (SSSR count). The molecule has 0 saturated heterocycles. The first-order chi connectivity index (χ1) is 7.79. The Morgan fingerprint density at radius 2 is 1.00 bits per heavy atom. The zero-order valence-corrected chi connectivity index (χ0v) is 13.3. The summed E-state index contributed by atoms with van der Waals surface area (Å²) in [6, 6.07) is 0. The summed E-state index contributed by atoms with van der Waals surface area (Å²) in [7, 11) is -3.44. The van der Waals surface area contributed by atoms with Gasteiger partial charge in [0.15, 0.2) is 0 Å². The van der Waals surface area contributed by atoms with Crippen LogP contribution < -0.4 is 0 Å². The standard InChI is InChI=1S/C10H26O4Si2/c1-5-9-13-16(14-10-6-2)15(11-7-3)12-8-4/h15-16H,5-10H2,1-4H3. The molecule has 0 fully saturated rings. The van der Waals surface area contributed by atoms with Crippen LogP contribution in [0.4, 0.5) is 0 Å². The molecule has 4 nitrogen and oxygen atoms in total. The zero-order valence-electron chi connectivity index (χ0n) is 11.0. The van der Waals surface area contributed by atoms with Crippen LogP contribution in [0.3, 0.4) is 0 Å². The Labute approximate surface area is 103 Å². The predicted octanol–water partition coefficient (Wildman–Crippen LogP) is 1.43. The van der Waals surface area contributed by atoms with E-state index in [4.69, 9.17) is 17.7 Å². The molecule has 0 radical (unpaired) electrons. The third-order valence-electron chi connectivity index (χ3n) is 1.86. The number of hydrogen-bond donors (Lipinski definition) is 0. The third kappa shape index (κ3) is 7.53. The van der Waals surface area contributed by atoms with Gasteiger partial charge in [-0.15, -0.1) is 0 Å². The van der Waals surface area contributed by atoms with Crippen molar-refractivity contribution in [2.24, 2.45) is 0 Å². The van der Waals surface area contributed by atoms with Crippen molar-refractivity contribution in [3.05, 3.63) is 0 Å². The average Bonchev–Trinajstić information content (AvgIpc) is 2.29. The molecule has 0 bridgehead atoms. The van der Waals surface area contributed by atoms with Gasteiger partial charge in [0.05, 0.1) is 0 Å². The summed E-state index contributed by atoms with van der Waals surface area (Å²) in [5.74, 6) is 0. The van der Waals surface area contributed by atoms with Gasteiger partial charge in [-0.2, -0.15) is 0 Å². The van der Waals surface area contributed by atoms with E-state index in [9.17, 15) is 0 Å². The fraction of sp³-hybridized carbons (Fsp3) is 1.00. The lowest BCUT2D eigenvalue weighted by molar-refractivity contribution is 0.173. The van der Waals surface area contributed by atoms with E-state index in [0.29, 0.717) is 13.2 Å². The fourth-order valence-electron chi connectivity index (χ4n) is 1.21. The van der Waals surface area contributed by atoms with Crippen molar-refractivity contribution in [2.45, 2.75) is 40.5 Å². The Balaban J connectivity index is 4.15. The van der Waals surface area contributed by atoms with Gasteiger partial charge in [0.1, 0.15) is 0 Å². The van der Waals surface area contributed by atoms with Gasteiger partial charge in [-0.25, -0.2) is 0 Å².